The number of non-ortho nitro benzene ring substituents is 1. The van der Waals surface area contributed by atoms with Gasteiger partial charge in [-0.15, -0.1) is 0 Å². The molecule has 0 saturated heterocycles. The highest BCUT2D eigenvalue weighted by Crippen LogP contribution is 2.36. The summed E-state index contributed by atoms with van der Waals surface area (Å²) in [5, 5.41) is 11.3. The summed E-state index contributed by atoms with van der Waals surface area (Å²) in [5.41, 5.74) is 0.150. The number of hydrogen-bond acceptors (Lipinski definition) is 4. The molecule has 0 fully saturated rings. The van der Waals surface area contributed by atoms with Crippen molar-refractivity contribution in [1.29, 1.82) is 0 Å². The summed E-state index contributed by atoms with van der Waals surface area (Å²) >= 11 is 12.1. The molecule has 2 aromatic carbocycles. The van der Waals surface area contributed by atoms with Crippen molar-refractivity contribution in [3.63, 3.8) is 0 Å². The Balaban J connectivity index is 2.28. The Labute approximate surface area is 133 Å². The molecule has 1 aromatic heterocycles. The minimum absolute atomic E-state index is 0.0395. The molecule has 6 nitrogen and oxygen atoms in total. The third kappa shape index (κ3) is 2.43. The Morgan fingerprint density at radius 2 is 1.77 bits per heavy atom. The molecule has 3 aromatic rings. The first-order valence-corrected chi connectivity index (χ1v) is 6.86. The van der Waals surface area contributed by atoms with Crippen molar-refractivity contribution in [2.75, 3.05) is 0 Å². The van der Waals surface area contributed by atoms with E-state index in [0.717, 1.165) is 12.1 Å². The average Bonchev–Trinajstić information content (AvgIpc) is 2.46. The fourth-order valence-corrected chi connectivity index (χ4v) is 2.75. The number of fused-ring (bicyclic) bond motifs is 1. The molecule has 0 aliphatic rings. The summed E-state index contributed by atoms with van der Waals surface area (Å²) < 4.78 is 0. The molecule has 0 saturated carbocycles. The number of nitrogens with one attached hydrogen (secondary N) is 1. The summed E-state index contributed by atoms with van der Waals surface area (Å²) in [6, 6.07) is 9.13. The predicted molar refractivity (Wildman–Crippen MR) is 84.5 cm³/mol. The highest BCUT2D eigenvalue weighted by Gasteiger charge is 2.18. The minimum Gasteiger partial charge on any atom is -0.306 e. The molecule has 3 rings (SSSR count). The van der Waals surface area contributed by atoms with Crippen molar-refractivity contribution in [2.45, 2.75) is 0 Å². The van der Waals surface area contributed by atoms with Gasteiger partial charge in [0.05, 0.1) is 31.4 Å². The van der Waals surface area contributed by atoms with Gasteiger partial charge in [0.2, 0.25) is 0 Å². The lowest BCUT2D eigenvalue weighted by atomic mass is 10.1. The Kier molecular flexibility index (Phi) is 3.56. The summed E-state index contributed by atoms with van der Waals surface area (Å²) in [6.07, 6.45) is 0. The van der Waals surface area contributed by atoms with Crippen LogP contribution in [0.1, 0.15) is 0 Å². The average molecular weight is 336 g/mol. The number of H-pyrrole nitrogens is 1. The van der Waals surface area contributed by atoms with Crippen LogP contribution in [0.25, 0.3) is 22.3 Å². The molecular weight excluding hydrogens is 329 g/mol. The number of halogens is 2. The highest BCUT2D eigenvalue weighted by molar-refractivity contribution is 6.39. The van der Waals surface area contributed by atoms with E-state index < -0.39 is 4.92 Å². The van der Waals surface area contributed by atoms with E-state index in [1.165, 1.54) is 0 Å². The lowest BCUT2D eigenvalue weighted by Gasteiger charge is -2.07. The van der Waals surface area contributed by atoms with Crippen LogP contribution >= 0.6 is 23.2 Å². The molecule has 0 aliphatic carbocycles. The number of benzene rings is 2. The van der Waals surface area contributed by atoms with E-state index in [1.54, 1.807) is 24.3 Å². The van der Waals surface area contributed by atoms with E-state index in [4.69, 9.17) is 23.2 Å². The van der Waals surface area contributed by atoms with E-state index in [0.29, 0.717) is 10.9 Å². The normalized spacial score (nSPS) is 10.8. The molecule has 0 unspecified atom stereocenters. The van der Waals surface area contributed by atoms with E-state index in [2.05, 4.69) is 9.97 Å². The van der Waals surface area contributed by atoms with Crippen LogP contribution in [0.4, 0.5) is 5.69 Å². The largest absolute Gasteiger partial charge is 0.306 e. The van der Waals surface area contributed by atoms with Crippen molar-refractivity contribution in [2.24, 2.45) is 0 Å². The summed E-state index contributed by atoms with van der Waals surface area (Å²) in [5.74, 6) is 0.161. The summed E-state index contributed by atoms with van der Waals surface area (Å²) in [7, 11) is 0. The maximum Gasteiger partial charge on any atom is 0.272 e. The van der Waals surface area contributed by atoms with E-state index in [1.807, 2.05) is 0 Å². The Morgan fingerprint density at radius 1 is 1.14 bits per heavy atom. The first-order valence-electron chi connectivity index (χ1n) is 6.10. The number of aromatic amines is 1. The van der Waals surface area contributed by atoms with Gasteiger partial charge in [-0.2, -0.15) is 0 Å². The quantitative estimate of drug-likeness (QED) is 0.569. The Morgan fingerprint density at radius 3 is 2.41 bits per heavy atom. The van der Waals surface area contributed by atoms with Crippen LogP contribution in [-0.4, -0.2) is 14.9 Å². The first-order chi connectivity index (χ1) is 10.5. The maximum absolute atomic E-state index is 12.1. The Bertz CT molecular complexity index is 946. The number of nitro groups is 1. The van der Waals surface area contributed by atoms with Crippen molar-refractivity contribution < 1.29 is 4.92 Å². The van der Waals surface area contributed by atoms with Gasteiger partial charge in [-0.3, -0.25) is 14.9 Å². The fraction of sp³-hybridized carbons (Fsp3) is 0. The predicted octanol–water partition coefficient (Wildman–Crippen LogP) is 3.81. The van der Waals surface area contributed by atoms with Gasteiger partial charge in [0.1, 0.15) is 5.82 Å². The van der Waals surface area contributed by atoms with Crippen LogP contribution in [0.5, 0.6) is 0 Å². The number of nitrogens with zero attached hydrogens (tertiary/aromatic N) is 2. The second-order valence-corrected chi connectivity index (χ2v) is 5.29. The zero-order chi connectivity index (χ0) is 15.9. The molecule has 110 valence electrons. The van der Waals surface area contributed by atoms with Crippen molar-refractivity contribution in [1.82, 2.24) is 9.97 Å². The lowest BCUT2D eigenvalue weighted by Crippen LogP contribution is -2.09. The molecule has 22 heavy (non-hydrogen) atoms. The molecule has 1 heterocycles. The number of hydrogen-bond donors (Lipinski definition) is 1. The van der Waals surface area contributed by atoms with Gasteiger partial charge < -0.3 is 4.98 Å². The molecule has 0 amide bonds. The van der Waals surface area contributed by atoms with Crippen LogP contribution in [-0.2, 0) is 0 Å². The van der Waals surface area contributed by atoms with Crippen molar-refractivity contribution in [3.05, 3.63) is 66.9 Å². The monoisotopic (exact) mass is 335 g/mol. The molecule has 0 spiro atoms. The lowest BCUT2D eigenvalue weighted by molar-refractivity contribution is -0.384. The zero-order valence-corrected chi connectivity index (χ0v) is 12.4. The smallest absolute Gasteiger partial charge is 0.272 e. The van der Waals surface area contributed by atoms with Gasteiger partial charge in [0.15, 0.2) is 0 Å². The van der Waals surface area contributed by atoms with Crippen LogP contribution in [0.2, 0.25) is 10.0 Å². The van der Waals surface area contributed by atoms with Crippen LogP contribution < -0.4 is 5.56 Å². The van der Waals surface area contributed by atoms with Gasteiger partial charge in [-0.1, -0.05) is 35.3 Å². The summed E-state index contributed by atoms with van der Waals surface area (Å²) in [6.45, 7) is 0. The Hall–Kier alpha value is -2.44. The minimum atomic E-state index is -0.599. The topological polar surface area (TPSA) is 88.9 Å². The van der Waals surface area contributed by atoms with Crippen molar-refractivity contribution in [3.8, 4) is 11.4 Å². The SMILES string of the molecule is O=c1[nH]c(-c2c(Cl)cc([N+](=O)[O-])cc2Cl)nc2ccccc12. The van der Waals surface area contributed by atoms with Crippen LogP contribution in [0.3, 0.4) is 0 Å². The fourth-order valence-electron chi connectivity index (χ4n) is 2.10. The molecule has 0 atom stereocenters. The molecule has 0 bridgehead atoms. The van der Waals surface area contributed by atoms with Gasteiger partial charge in [0, 0.05) is 12.1 Å². The van der Waals surface area contributed by atoms with E-state index in [9.17, 15) is 14.9 Å². The first kappa shape index (κ1) is 14.5. The third-order valence-electron chi connectivity index (χ3n) is 3.09. The molecule has 1 N–H and O–H groups in total. The molecule has 0 aliphatic heterocycles. The molecular formula is C14H7Cl2N3O3. The number of rotatable bonds is 2. The van der Waals surface area contributed by atoms with Gasteiger partial charge in [-0.25, -0.2) is 4.98 Å². The number of nitro benzene ring substituents is 1. The van der Waals surface area contributed by atoms with Gasteiger partial charge in [-0.05, 0) is 12.1 Å². The second-order valence-electron chi connectivity index (χ2n) is 4.47. The number of aromatic nitrogens is 2. The maximum atomic E-state index is 12.1. The van der Waals surface area contributed by atoms with E-state index in [-0.39, 0.29) is 32.7 Å². The zero-order valence-electron chi connectivity index (χ0n) is 10.8. The van der Waals surface area contributed by atoms with Gasteiger partial charge >= 0.3 is 0 Å². The summed E-state index contributed by atoms with van der Waals surface area (Å²) in [4.78, 5) is 29.2. The van der Waals surface area contributed by atoms with E-state index >= 15 is 0 Å². The highest BCUT2D eigenvalue weighted by atomic mass is 35.5. The second kappa shape index (κ2) is 5.40. The standard InChI is InChI=1S/C14H7Cl2N3O3/c15-9-5-7(19(21)22)6-10(16)12(9)13-17-11-4-2-1-3-8(11)14(20)18-13/h1-6H,(H,17,18,20). The van der Waals surface area contributed by atoms with Gasteiger partial charge in [0.25, 0.3) is 11.2 Å². The third-order valence-corrected chi connectivity index (χ3v) is 3.68. The molecule has 0 radical (unpaired) electrons. The van der Waals surface area contributed by atoms with Crippen LogP contribution in [0, 0.1) is 10.1 Å². The van der Waals surface area contributed by atoms with Crippen LogP contribution in [0.15, 0.2) is 41.2 Å². The number of para-hydroxylation sites is 1. The van der Waals surface area contributed by atoms with Crippen molar-refractivity contribution >= 4 is 39.8 Å². The molecule has 8 heteroatoms.